The fourth-order valence-electron chi connectivity index (χ4n) is 4.20. The van der Waals surface area contributed by atoms with Crippen molar-refractivity contribution >= 4 is 29.6 Å². The number of hydrogen-bond donors (Lipinski definition) is 1. The van der Waals surface area contributed by atoms with E-state index in [0.717, 1.165) is 56.4 Å². The van der Waals surface area contributed by atoms with Crippen LogP contribution in [0.3, 0.4) is 0 Å². The van der Waals surface area contributed by atoms with Crippen molar-refractivity contribution in [2.45, 2.75) is 38.1 Å². The number of barbiturate groups is 1. The Bertz CT molecular complexity index is 808. The fraction of sp³-hybridized carbons (Fsp3) is 0.476. The summed E-state index contributed by atoms with van der Waals surface area (Å²) in [6.07, 6.45) is 6.32. The van der Waals surface area contributed by atoms with Crippen LogP contribution in [0.1, 0.15) is 37.7 Å². The molecule has 148 valence electrons. The summed E-state index contributed by atoms with van der Waals surface area (Å²) in [6, 6.07) is 6.96. The lowest BCUT2D eigenvalue weighted by atomic mass is 9.93. The van der Waals surface area contributed by atoms with E-state index in [4.69, 9.17) is 4.74 Å². The van der Waals surface area contributed by atoms with Crippen molar-refractivity contribution in [2.24, 2.45) is 0 Å². The van der Waals surface area contributed by atoms with Gasteiger partial charge in [-0.3, -0.25) is 19.8 Å². The van der Waals surface area contributed by atoms with Crippen LogP contribution in [0.25, 0.3) is 6.08 Å². The van der Waals surface area contributed by atoms with Gasteiger partial charge in [-0.25, -0.2) is 4.79 Å². The number of carbonyl (C=O) groups is 3. The summed E-state index contributed by atoms with van der Waals surface area (Å²) >= 11 is 0. The molecule has 0 spiro atoms. The fourth-order valence-corrected chi connectivity index (χ4v) is 4.20. The summed E-state index contributed by atoms with van der Waals surface area (Å²) in [7, 11) is 0. The van der Waals surface area contributed by atoms with Gasteiger partial charge in [-0.15, -0.1) is 0 Å². The van der Waals surface area contributed by atoms with Crippen molar-refractivity contribution in [2.75, 3.05) is 31.2 Å². The number of ether oxygens (including phenoxy) is 1. The standard InChI is InChI=1S/C21H25N3O4/c25-19-17(20(26)24(21(27)22-19)16-7-2-1-3-8-16)14-15-6-4-5-9-18(15)23-10-12-28-13-11-23/h4-6,9,14,16H,1-3,7-8,10-13H2,(H,22,25,27). The first-order valence-electron chi connectivity index (χ1n) is 9.97. The highest BCUT2D eigenvalue weighted by Gasteiger charge is 2.40. The van der Waals surface area contributed by atoms with Gasteiger partial charge in [0.05, 0.1) is 13.2 Å². The molecule has 0 unspecified atom stereocenters. The largest absolute Gasteiger partial charge is 0.378 e. The lowest BCUT2D eigenvalue weighted by Gasteiger charge is -2.35. The second kappa shape index (κ2) is 8.14. The lowest BCUT2D eigenvalue weighted by Crippen LogP contribution is -2.58. The summed E-state index contributed by atoms with van der Waals surface area (Å²) in [6.45, 7) is 2.81. The first kappa shape index (κ1) is 18.7. The molecule has 28 heavy (non-hydrogen) atoms. The molecule has 3 aliphatic rings. The van der Waals surface area contributed by atoms with Crippen LogP contribution < -0.4 is 10.2 Å². The molecule has 0 bridgehead atoms. The van der Waals surface area contributed by atoms with E-state index in [1.165, 1.54) is 4.90 Å². The van der Waals surface area contributed by atoms with E-state index in [9.17, 15) is 14.4 Å². The minimum Gasteiger partial charge on any atom is -0.378 e. The monoisotopic (exact) mass is 383 g/mol. The molecule has 0 atom stereocenters. The maximum Gasteiger partial charge on any atom is 0.331 e. The van der Waals surface area contributed by atoms with Gasteiger partial charge in [0.25, 0.3) is 11.8 Å². The zero-order chi connectivity index (χ0) is 19.5. The Morgan fingerprint density at radius 1 is 1.00 bits per heavy atom. The summed E-state index contributed by atoms with van der Waals surface area (Å²) in [5, 5.41) is 2.35. The predicted molar refractivity (Wildman–Crippen MR) is 105 cm³/mol. The van der Waals surface area contributed by atoms with Gasteiger partial charge in [-0.05, 0) is 30.5 Å². The quantitative estimate of drug-likeness (QED) is 0.640. The Morgan fingerprint density at radius 2 is 1.71 bits per heavy atom. The smallest absolute Gasteiger partial charge is 0.331 e. The Morgan fingerprint density at radius 3 is 2.46 bits per heavy atom. The Hall–Kier alpha value is -2.67. The van der Waals surface area contributed by atoms with Crippen LogP contribution in [0.15, 0.2) is 29.8 Å². The van der Waals surface area contributed by atoms with E-state index >= 15 is 0 Å². The molecule has 1 saturated carbocycles. The van der Waals surface area contributed by atoms with Gasteiger partial charge in [-0.2, -0.15) is 0 Å². The average Bonchev–Trinajstić information content (AvgIpc) is 2.73. The molecule has 1 aromatic carbocycles. The maximum absolute atomic E-state index is 13.1. The minimum absolute atomic E-state index is 0.0193. The molecule has 0 radical (unpaired) electrons. The number of amides is 4. The van der Waals surface area contributed by atoms with Crippen molar-refractivity contribution in [1.29, 1.82) is 0 Å². The van der Waals surface area contributed by atoms with Gasteiger partial charge in [0.1, 0.15) is 5.57 Å². The van der Waals surface area contributed by atoms with E-state index in [2.05, 4.69) is 10.2 Å². The van der Waals surface area contributed by atoms with Crippen molar-refractivity contribution in [3.8, 4) is 0 Å². The second-order valence-corrected chi connectivity index (χ2v) is 7.44. The lowest BCUT2D eigenvalue weighted by molar-refractivity contribution is -0.132. The maximum atomic E-state index is 13.1. The molecule has 2 saturated heterocycles. The predicted octanol–water partition coefficient (Wildman–Crippen LogP) is 2.32. The SMILES string of the molecule is O=C1NC(=O)N(C2CCCCC2)C(=O)C1=Cc1ccccc1N1CCOCC1. The van der Waals surface area contributed by atoms with Crippen LogP contribution in [-0.4, -0.2) is 55.1 Å². The molecule has 7 nitrogen and oxygen atoms in total. The molecule has 1 aromatic rings. The number of nitrogens with zero attached hydrogens (tertiary/aromatic N) is 2. The van der Waals surface area contributed by atoms with Gasteiger partial charge in [0.15, 0.2) is 0 Å². The third kappa shape index (κ3) is 3.67. The van der Waals surface area contributed by atoms with Gasteiger partial charge in [0, 0.05) is 24.8 Å². The number of anilines is 1. The van der Waals surface area contributed by atoms with E-state index in [1.54, 1.807) is 6.08 Å². The Balaban J connectivity index is 1.65. The highest BCUT2D eigenvalue weighted by atomic mass is 16.5. The molecule has 2 heterocycles. The number of hydrogen-bond acceptors (Lipinski definition) is 5. The highest BCUT2D eigenvalue weighted by molar-refractivity contribution is 6.31. The first-order chi connectivity index (χ1) is 13.6. The van der Waals surface area contributed by atoms with E-state index in [-0.39, 0.29) is 11.6 Å². The molecule has 1 N–H and O–H groups in total. The van der Waals surface area contributed by atoms with Crippen LogP contribution >= 0.6 is 0 Å². The molecular weight excluding hydrogens is 358 g/mol. The van der Waals surface area contributed by atoms with Crippen molar-refractivity contribution in [3.63, 3.8) is 0 Å². The number of benzene rings is 1. The third-order valence-corrected chi connectivity index (χ3v) is 5.66. The molecule has 7 heteroatoms. The number of urea groups is 1. The molecule has 1 aliphatic carbocycles. The number of rotatable bonds is 3. The van der Waals surface area contributed by atoms with Crippen molar-refractivity contribution < 1.29 is 19.1 Å². The summed E-state index contributed by atoms with van der Waals surface area (Å²) in [5.74, 6) is -1.11. The molecular formula is C21H25N3O4. The van der Waals surface area contributed by atoms with E-state index < -0.39 is 17.8 Å². The minimum atomic E-state index is -0.626. The van der Waals surface area contributed by atoms with Crippen LogP contribution in [0.5, 0.6) is 0 Å². The highest BCUT2D eigenvalue weighted by Crippen LogP contribution is 2.28. The van der Waals surface area contributed by atoms with Gasteiger partial charge >= 0.3 is 6.03 Å². The number of para-hydroxylation sites is 1. The number of carbonyl (C=O) groups excluding carboxylic acids is 3. The van der Waals surface area contributed by atoms with Crippen LogP contribution in [-0.2, 0) is 14.3 Å². The third-order valence-electron chi connectivity index (χ3n) is 5.66. The summed E-state index contributed by atoms with van der Waals surface area (Å²) in [4.78, 5) is 41.3. The average molecular weight is 383 g/mol. The van der Waals surface area contributed by atoms with Crippen LogP contribution in [0.4, 0.5) is 10.5 Å². The zero-order valence-corrected chi connectivity index (χ0v) is 15.9. The van der Waals surface area contributed by atoms with E-state index in [1.807, 2.05) is 24.3 Å². The number of nitrogens with one attached hydrogen (secondary N) is 1. The molecule has 4 rings (SSSR count). The Kier molecular flexibility index (Phi) is 5.43. The van der Waals surface area contributed by atoms with Crippen molar-refractivity contribution in [3.05, 3.63) is 35.4 Å². The van der Waals surface area contributed by atoms with Crippen LogP contribution in [0.2, 0.25) is 0 Å². The second-order valence-electron chi connectivity index (χ2n) is 7.44. The molecule has 3 fully saturated rings. The molecule has 0 aromatic heterocycles. The first-order valence-corrected chi connectivity index (χ1v) is 9.97. The number of imide groups is 2. The Labute approximate surface area is 164 Å². The summed E-state index contributed by atoms with van der Waals surface area (Å²) < 4.78 is 5.42. The van der Waals surface area contributed by atoms with E-state index in [0.29, 0.717) is 13.2 Å². The van der Waals surface area contributed by atoms with Gasteiger partial charge < -0.3 is 9.64 Å². The van der Waals surface area contributed by atoms with Gasteiger partial charge in [0.2, 0.25) is 0 Å². The normalized spacial score (nSPS) is 23.3. The van der Waals surface area contributed by atoms with Crippen LogP contribution in [0, 0.1) is 0 Å². The topological polar surface area (TPSA) is 79.0 Å². The molecule has 2 aliphatic heterocycles. The van der Waals surface area contributed by atoms with Gasteiger partial charge in [-0.1, -0.05) is 37.5 Å². The number of morpholine rings is 1. The molecule has 4 amide bonds. The summed E-state index contributed by atoms with van der Waals surface area (Å²) in [5.41, 5.74) is 1.77. The zero-order valence-electron chi connectivity index (χ0n) is 15.9. The van der Waals surface area contributed by atoms with Crippen molar-refractivity contribution in [1.82, 2.24) is 10.2 Å².